The summed E-state index contributed by atoms with van der Waals surface area (Å²) in [6.45, 7) is 2.16. The Balaban J connectivity index is 2.03. The summed E-state index contributed by atoms with van der Waals surface area (Å²) in [6.07, 6.45) is 4.77. The van der Waals surface area contributed by atoms with Crippen LogP contribution in [0.3, 0.4) is 0 Å². The van der Waals surface area contributed by atoms with Gasteiger partial charge in [0.15, 0.2) is 0 Å². The molecule has 0 aliphatic carbocycles. The smallest absolute Gasteiger partial charge is 0.126 e. The van der Waals surface area contributed by atoms with Crippen LogP contribution in [0.2, 0.25) is 0 Å². The number of rotatable bonds is 7. The molecular weight excluding hydrogens is 282 g/mol. The van der Waals surface area contributed by atoms with E-state index in [9.17, 15) is 13.9 Å². The van der Waals surface area contributed by atoms with Gasteiger partial charge in [0, 0.05) is 6.07 Å². The minimum Gasteiger partial charge on any atom is -0.388 e. The molecule has 0 spiro atoms. The van der Waals surface area contributed by atoms with Gasteiger partial charge in [-0.1, -0.05) is 56.9 Å². The number of benzene rings is 2. The maximum absolute atomic E-state index is 13.2. The molecule has 0 radical (unpaired) electrons. The lowest BCUT2D eigenvalue weighted by molar-refractivity contribution is 0.163. The van der Waals surface area contributed by atoms with Crippen molar-refractivity contribution in [1.29, 1.82) is 0 Å². The molecule has 1 N–H and O–H groups in total. The largest absolute Gasteiger partial charge is 0.388 e. The molecule has 0 aliphatic rings. The Labute approximate surface area is 130 Å². The highest BCUT2D eigenvalue weighted by molar-refractivity contribution is 5.63. The normalized spacial score (nSPS) is 12.4. The lowest BCUT2D eigenvalue weighted by atomic mass is 9.99. The molecule has 1 nitrogen and oxygen atoms in total. The van der Waals surface area contributed by atoms with Gasteiger partial charge in [-0.15, -0.1) is 0 Å². The molecule has 2 aromatic carbocycles. The average Bonchev–Trinajstić information content (AvgIpc) is 2.50. The number of aliphatic hydroxyl groups is 1. The molecule has 2 aromatic rings. The summed E-state index contributed by atoms with van der Waals surface area (Å²) in [5, 5.41) is 10.1. The molecule has 1 atom stereocenters. The van der Waals surface area contributed by atoms with Crippen molar-refractivity contribution in [3.8, 4) is 11.1 Å². The highest BCUT2D eigenvalue weighted by Crippen LogP contribution is 2.25. The Morgan fingerprint density at radius 1 is 0.864 bits per heavy atom. The van der Waals surface area contributed by atoms with Gasteiger partial charge in [-0.05, 0) is 35.2 Å². The van der Waals surface area contributed by atoms with Gasteiger partial charge in [0.25, 0.3) is 0 Å². The molecule has 0 aliphatic heterocycles. The second-order valence-corrected chi connectivity index (χ2v) is 5.65. The Kier molecular flexibility index (Phi) is 6.08. The fraction of sp³-hybridized carbons (Fsp3) is 0.368. The van der Waals surface area contributed by atoms with Crippen LogP contribution in [0.15, 0.2) is 42.5 Å². The topological polar surface area (TPSA) is 20.2 Å². The second-order valence-electron chi connectivity index (χ2n) is 5.65. The third-order valence-corrected chi connectivity index (χ3v) is 3.82. The maximum Gasteiger partial charge on any atom is 0.126 e. The molecule has 0 aromatic heterocycles. The molecular formula is C19H22F2O. The van der Waals surface area contributed by atoms with Gasteiger partial charge in [0.2, 0.25) is 0 Å². The molecule has 0 bridgehead atoms. The van der Waals surface area contributed by atoms with Gasteiger partial charge in [0.1, 0.15) is 11.6 Å². The molecule has 0 heterocycles. The van der Waals surface area contributed by atoms with Crippen molar-refractivity contribution >= 4 is 0 Å². The minimum absolute atomic E-state index is 0.477. The Morgan fingerprint density at radius 2 is 1.50 bits per heavy atom. The lowest BCUT2D eigenvalue weighted by Gasteiger charge is -2.12. The molecule has 22 heavy (non-hydrogen) atoms. The first-order valence-corrected chi connectivity index (χ1v) is 7.84. The van der Waals surface area contributed by atoms with Gasteiger partial charge in [0.05, 0.1) is 6.10 Å². The number of halogens is 2. The van der Waals surface area contributed by atoms with Gasteiger partial charge in [-0.3, -0.25) is 0 Å². The summed E-state index contributed by atoms with van der Waals surface area (Å²) in [7, 11) is 0. The van der Waals surface area contributed by atoms with Crippen molar-refractivity contribution in [3.63, 3.8) is 0 Å². The van der Waals surface area contributed by atoms with Crippen LogP contribution in [-0.2, 0) is 0 Å². The molecule has 0 saturated carbocycles. The van der Waals surface area contributed by atoms with Gasteiger partial charge in [-0.25, -0.2) is 8.78 Å². The van der Waals surface area contributed by atoms with E-state index in [-0.39, 0.29) is 0 Å². The van der Waals surface area contributed by atoms with E-state index < -0.39 is 17.7 Å². The fourth-order valence-corrected chi connectivity index (χ4v) is 2.55. The number of aliphatic hydroxyl groups excluding tert-OH is 1. The summed E-state index contributed by atoms with van der Waals surface area (Å²) >= 11 is 0. The first kappa shape index (κ1) is 16.6. The van der Waals surface area contributed by atoms with Crippen molar-refractivity contribution in [2.45, 2.75) is 45.1 Å². The summed E-state index contributed by atoms with van der Waals surface area (Å²) in [6, 6.07) is 10.7. The third kappa shape index (κ3) is 4.63. The molecule has 118 valence electrons. The van der Waals surface area contributed by atoms with Crippen LogP contribution in [0.4, 0.5) is 8.78 Å². The van der Waals surface area contributed by atoms with Crippen molar-refractivity contribution in [2.24, 2.45) is 0 Å². The fourth-order valence-electron chi connectivity index (χ4n) is 2.55. The first-order valence-electron chi connectivity index (χ1n) is 7.84. The van der Waals surface area contributed by atoms with E-state index in [4.69, 9.17) is 0 Å². The van der Waals surface area contributed by atoms with Crippen LogP contribution >= 0.6 is 0 Å². The minimum atomic E-state index is -0.588. The lowest BCUT2D eigenvalue weighted by Crippen LogP contribution is -1.97. The van der Waals surface area contributed by atoms with Crippen molar-refractivity contribution in [1.82, 2.24) is 0 Å². The summed E-state index contributed by atoms with van der Waals surface area (Å²) in [4.78, 5) is 0. The van der Waals surface area contributed by atoms with E-state index in [1.54, 1.807) is 12.1 Å². The van der Waals surface area contributed by atoms with Crippen LogP contribution in [-0.4, -0.2) is 5.11 Å². The highest BCUT2D eigenvalue weighted by Gasteiger charge is 2.08. The van der Waals surface area contributed by atoms with Crippen molar-refractivity contribution in [2.75, 3.05) is 0 Å². The number of unbranched alkanes of at least 4 members (excludes halogenated alkanes) is 3. The van der Waals surface area contributed by atoms with E-state index >= 15 is 0 Å². The predicted molar refractivity (Wildman–Crippen MR) is 85.5 cm³/mol. The average molecular weight is 304 g/mol. The molecule has 0 unspecified atom stereocenters. The summed E-state index contributed by atoms with van der Waals surface area (Å²) < 4.78 is 26.5. The highest BCUT2D eigenvalue weighted by atomic mass is 19.1. The maximum atomic E-state index is 13.2. The third-order valence-electron chi connectivity index (χ3n) is 3.82. The van der Waals surface area contributed by atoms with Crippen LogP contribution in [0.25, 0.3) is 11.1 Å². The first-order chi connectivity index (χ1) is 10.6. The van der Waals surface area contributed by atoms with Crippen LogP contribution in [0.5, 0.6) is 0 Å². The molecule has 0 amide bonds. The zero-order valence-electron chi connectivity index (χ0n) is 12.9. The molecule has 0 saturated heterocycles. The summed E-state index contributed by atoms with van der Waals surface area (Å²) in [5.41, 5.74) is 2.08. The van der Waals surface area contributed by atoms with Crippen LogP contribution in [0.1, 0.15) is 50.7 Å². The quantitative estimate of drug-likeness (QED) is 0.657. The Hall–Kier alpha value is -1.74. The van der Waals surface area contributed by atoms with Crippen molar-refractivity contribution in [3.05, 3.63) is 59.7 Å². The number of hydrogen-bond acceptors (Lipinski definition) is 1. The Bertz CT molecular complexity index is 573. The monoisotopic (exact) mass is 304 g/mol. The summed E-state index contributed by atoms with van der Waals surface area (Å²) in [5.74, 6) is -1.18. The van der Waals surface area contributed by atoms with Gasteiger partial charge >= 0.3 is 0 Å². The van der Waals surface area contributed by atoms with E-state index in [0.29, 0.717) is 5.56 Å². The predicted octanol–water partition coefficient (Wildman–Crippen LogP) is 5.64. The van der Waals surface area contributed by atoms with Crippen LogP contribution in [0, 0.1) is 11.6 Å². The van der Waals surface area contributed by atoms with Gasteiger partial charge < -0.3 is 5.11 Å². The molecule has 0 fully saturated rings. The van der Waals surface area contributed by atoms with Crippen molar-refractivity contribution < 1.29 is 13.9 Å². The molecule has 2 rings (SSSR count). The van der Waals surface area contributed by atoms with Gasteiger partial charge in [-0.2, -0.15) is 0 Å². The number of hydrogen-bond donors (Lipinski definition) is 1. The zero-order chi connectivity index (χ0) is 15.9. The standard InChI is InChI=1S/C19H22F2O/c1-2-3-4-5-6-19(22)15-9-7-14(8-10-15)16-11-17(20)13-18(21)12-16/h7-13,19,22H,2-6H2,1H3/t19-/m0/s1. The van der Waals surface area contributed by atoms with E-state index in [1.165, 1.54) is 25.0 Å². The van der Waals surface area contributed by atoms with E-state index in [0.717, 1.165) is 36.5 Å². The molecule has 3 heteroatoms. The SMILES string of the molecule is CCCCCC[C@H](O)c1ccc(-c2cc(F)cc(F)c2)cc1. The van der Waals surface area contributed by atoms with Crippen LogP contribution < -0.4 is 0 Å². The second kappa shape index (κ2) is 8.04. The van der Waals surface area contributed by atoms with E-state index in [2.05, 4.69) is 6.92 Å². The zero-order valence-corrected chi connectivity index (χ0v) is 12.9. The van der Waals surface area contributed by atoms with E-state index in [1.807, 2.05) is 12.1 Å². The Morgan fingerprint density at radius 3 is 2.09 bits per heavy atom.